The second kappa shape index (κ2) is 11.9. The zero-order valence-electron chi connectivity index (χ0n) is 18.3. The molecule has 0 bridgehead atoms. The number of hydrogen-bond acceptors (Lipinski definition) is 5. The lowest BCUT2D eigenvalue weighted by Gasteiger charge is -2.36. The molecule has 0 aliphatic carbocycles. The van der Waals surface area contributed by atoms with Gasteiger partial charge in [0.1, 0.15) is 0 Å². The number of likely N-dealkylation sites (tertiary alicyclic amines) is 1. The van der Waals surface area contributed by atoms with Crippen molar-refractivity contribution in [3.63, 3.8) is 0 Å². The van der Waals surface area contributed by atoms with E-state index in [4.69, 9.17) is 0 Å². The summed E-state index contributed by atoms with van der Waals surface area (Å²) in [6.45, 7) is 11.7. The van der Waals surface area contributed by atoms with E-state index in [0.29, 0.717) is 12.0 Å². The highest BCUT2D eigenvalue weighted by Crippen LogP contribution is 2.29. The summed E-state index contributed by atoms with van der Waals surface area (Å²) in [7, 11) is -3.17. The monoisotopic (exact) mass is 556 g/mol. The Kier molecular flexibility index (Phi) is 10.9. The summed E-state index contributed by atoms with van der Waals surface area (Å²) in [4.78, 5) is 8.48. The Morgan fingerprint density at radius 1 is 1.34 bits per heavy atom. The van der Waals surface area contributed by atoms with Gasteiger partial charge in [-0.3, -0.25) is 9.89 Å². The fourth-order valence-electron chi connectivity index (χ4n) is 3.15. The molecule has 1 atom stereocenters. The topological polar surface area (TPSA) is 73.8 Å². The van der Waals surface area contributed by atoms with Crippen LogP contribution in [0.2, 0.25) is 0 Å². The van der Waals surface area contributed by atoms with Crippen LogP contribution in [0.4, 0.5) is 0 Å². The van der Waals surface area contributed by atoms with Crippen molar-refractivity contribution in [1.82, 2.24) is 15.5 Å². The first-order valence-corrected chi connectivity index (χ1v) is 12.9. The van der Waals surface area contributed by atoms with Crippen LogP contribution in [0, 0.1) is 5.92 Å². The molecule has 1 unspecified atom stereocenters. The highest BCUT2D eigenvalue weighted by molar-refractivity contribution is 14.0. The molecule has 0 radical (unpaired) electrons. The van der Waals surface area contributed by atoms with E-state index in [9.17, 15) is 8.42 Å². The standard InChI is InChI=1S/C20H36N4O2S2.HI/c1-6-21-19(23-15-20(3,4)28(5,25)26)22-14-17(18-8-7-13-27-18)24-11-9-16(2)10-12-24;/h7-8,13,16-17H,6,9-12,14-15H2,1-5H3,(H2,21,22,23);1H. The molecule has 6 nitrogen and oxygen atoms in total. The molecule has 0 amide bonds. The number of thiophene rings is 1. The molecule has 2 rings (SSSR count). The second-order valence-corrected chi connectivity index (χ2v) is 12.0. The minimum Gasteiger partial charge on any atom is -0.357 e. The summed E-state index contributed by atoms with van der Waals surface area (Å²) < 4.78 is 23.0. The third-order valence-corrected chi connectivity index (χ3v) is 8.67. The Morgan fingerprint density at radius 3 is 2.52 bits per heavy atom. The van der Waals surface area contributed by atoms with Crippen LogP contribution < -0.4 is 10.6 Å². The van der Waals surface area contributed by atoms with Crippen LogP contribution in [0.3, 0.4) is 0 Å². The highest BCUT2D eigenvalue weighted by Gasteiger charge is 2.30. The summed E-state index contributed by atoms with van der Waals surface area (Å²) in [5.74, 6) is 1.47. The fraction of sp³-hybridized carbons (Fsp3) is 0.750. The van der Waals surface area contributed by atoms with Crippen molar-refractivity contribution < 1.29 is 8.42 Å². The molecule has 29 heavy (non-hydrogen) atoms. The Balaban J connectivity index is 0.00000420. The van der Waals surface area contributed by atoms with Crippen molar-refractivity contribution in [3.8, 4) is 0 Å². The average Bonchev–Trinajstić information content (AvgIpc) is 3.14. The quantitative estimate of drug-likeness (QED) is 0.291. The number of piperidine rings is 1. The molecule has 9 heteroatoms. The van der Waals surface area contributed by atoms with E-state index >= 15 is 0 Å². The number of aliphatic imine (C=N–C) groups is 1. The minimum absolute atomic E-state index is 0. The van der Waals surface area contributed by atoms with Crippen molar-refractivity contribution in [3.05, 3.63) is 22.4 Å². The van der Waals surface area contributed by atoms with Crippen molar-refractivity contribution in [2.24, 2.45) is 10.9 Å². The molecule has 0 aromatic carbocycles. The summed E-state index contributed by atoms with van der Waals surface area (Å²) >= 11 is 1.79. The summed E-state index contributed by atoms with van der Waals surface area (Å²) in [6.07, 6.45) is 3.74. The third kappa shape index (κ3) is 7.99. The molecule has 2 N–H and O–H groups in total. The molecule has 168 valence electrons. The van der Waals surface area contributed by atoms with Gasteiger partial charge in [-0.1, -0.05) is 13.0 Å². The fourth-order valence-corrected chi connectivity index (χ4v) is 4.31. The van der Waals surface area contributed by atoms with Crippen LogP contribution >= 0.6 is 35.3 Å². The van der Waals surface area contributed by atoms with Gasteiger partial charge in [-0.25, -0.2) is 8.42 Å². The summed E-state index contributed by atoms with van der Waals surface area (Å²) in [6, 6.07) is 4.61. The molecule has 1 fully saturated rings. The Morgan fingerprint density at radius 2 is 2.00 bits per heavy atom. The molecule has 1 aromatic heterocycles. The van der Waals surface area contributed by atoms with E-state index in [1.165, 1.54) is 24.0 Å². The molecule has 0 spiro atoms. The largest absolute Gasteiger partial charge is 0.357 e. The maximum absolute atomic E-state index is 12.0. The van der Waals surface area contributed by atoms with E-state index in [1.54, 1.807) is 25.2 Å². The average molecular weight is 557 g/mol. The van der Waals surface area contributed by atoms with Crippen LogP contribution in [0.15, 0.2) is 22.5 Å². The van der Waals surface area contributed by atoms with Crippen molar-refractivity contribution in [1.29, 1.82) is 0 Å². The van der Waals surface area contributed by atoms with Gasteiger partial charge in [0, 0.05) is 24.2 Å². The first-order chi connectivity index (χ1) is 13.1. The maximum Gasteiger partial charge on any atom is 0.191 e. The van der Waals surface area contributed by atoms with Gasteiger partial charge in [-0.15, -0.1) is 35.3 Å². The number of nitrogens with zero attached hydrogens (tertiary/aromatic N) is 2. The SMILES string of the molecule is CCNC(=NCC(C)(C)S(C)(=O)=O)NCC(c1cccs1)N1CCC(C)CC1.I. The van der Waals surface area contributed by atoms with Gasteiger partial charge in [0.2, 0.25) is 0 Å². The van der Waals surface area contributed by atoms with Crippen LogP contribution in [0.25, 0.3) is 0 Å². The van der Waals surface area contributed by atoms with Gasteiger partial charge in [-0.05, 0) is 64.1 Å². The van der Waals surface area contributed by atoms with Gasteiger partial charge in [0.05, 0.1) is 17.3 Å². The first kappa shape index (κ1) is 26.6. The van der Waals surface area contributed by atoms with Crippen LogP contribution in [-0.4, -0.2) is 63.0 Å². The summed E-state index contributed by atoms with van der Waals surface area (Å²) in [5, 5.41) is 8.82. The van der Waals surface area contributed by atoms with Crippen LogP contribution in [0.5, 0.6) is 0 Å². The molecular weight excluding hydrogens is 519 g/mol. The van der Waals surface area contributed by atoms with Gasteiger partial charge in [0.15, 0.2) is 15.8 Å². The van der Waals surface area contributed by atoms with Gasteiger partial charge in [-0.2, -0.15) is 0 Å². The lowest BCUT2D eigenvalue weighted by Crippen LogP contribution is -2.45. The van der Waals surface area contributed by atoms with E-state index in [1.807, 2.05) is 6.92 Å². The van der Waals surface area contributed by atoms with Crippen molar-refractivity contribution >= 4 is 51.1 Å². The third-order valence-electron chi connectivity index (χ3n) is 5.56. The zero-order valence-corrected chi connectivity index (χ0v) is 22.2. The number of halogens is 1. The van der Waals surface area contributed by atoms with Crippen molar-refractivity contribution in [2.45, 2.75) is 51.3 Å². The lowest BCUT2D eigenvalue weighted by molar-refractivity contribution is 0.140. The van der Waals surface area contributed by atoms with E-state index in [0.717, 1.165) is 32.1 Å². The van der Waals surface area contributed by atoms with Gasteiger partial charge in [0.25, 0.3) is 0 Å². The number of sulfone groups is 1. The number of nitrogens with one attached hydrogen (secondary N) is 2. The van der Waals surface area contributed by atoms with Crippen molar-refractivity contribution in [2.75, 3.05) is 39.0 Å². The van der Waals surface area contributed by atoms with Crippen LogP contribution in [-0.2, 0) is 9.84 Å². The van der Waals surface area contributed by atoms with Crippen LogP contribution in [0.1, 0.15) is 51.5 Å². The number of guanidine groups is 1. The summed E-state index contributed by atoms with van der Waals surface area (Å²) in [5.41, 5.74) is 0. The Hall–Kier alpha value is -0.390. The minimum atomic E-state index is -3.17. The van der Waals surface area contributed by atoms with Gasteiger partial charge < -0.3 is 10.6 Å². The molecule has 1 aromatic rings. The first-order valence-electron chi connectivity index (χ1n) is 10.1. The van der Waals surface area contributed by atoms with Gasteiger partial charge >= 0.3 is 0 Å². The normalized spacial score (nSPS) is 18.2. The molecule has 1 aliphatic heterocycles. The smallest absolute Gasteiger partial charge is 0.191 e. The molecule has 0 saturated carbocycles. The molecular formula is C20H37IN4O2S2. The van der Waals surface area contributed by atoms with E-state index < -0.39 is 14.6 Å². The predicted octanol–water partition coefficient (Wildman–Crippen LogP) is 3.52. The Bertz CT molecular complexity index is 728. The molecule has 2 heterocycles. The van der Waals surface area contributed by atoms with E-state index in [-0.39, 0.29) is 30.5 Å². The number of rotatable bonds is 8. The zero-order chi connectivity index (χ0) is 20.8. The number of hydrogen-bond donors (Lipinski definition) is 2. The van der Waals surface area contributed by atoms with E-state index in [2.05, 4.69) is 45.0 Å². The second-order valence-electron chi connectivity index (χ2n) is 8.36. The predicted molar refractivity (Wildman–Crippen MR) is 135 cm³/mol. The highest BCUT2D eigenvalue weighted by atomic mass is 127. The molecule has 1 saturated heterocycles. The molecule has 1 aliphatic rings. The maximum atomic E-state index is 12.0. The lowest BCUT2D eigenvalue weighted by atomic mass is 9.97. The Labute approximate surface area is 197 Å².